The quantitative estimate of drug-likeness (QED) is 0.612. The van der Waals surface area contributed by atoms with Crippen molar-refractivity contribution in [2.24, 2.45) is 0 Å². The van der Waals surface area contributed by atoms with Gasteiger partial charge >= 0.3 is 5.97 Å². The molecule has 0 unspecified atom stereocenters. The molecule has 9 heteroatoms. The lowest BCUT2D eigenvalue weighted by Gasteiger charge is -2.13. The minimum Gasteiger partial charge on any atom is -0.507 e. The van der Waals surface area contributed by atoms with Crippen LogP contribution in [0.15, 0.2) is 65.6 Å². The van der Waals surface area contributed by atoms with Crippen LogP contribution < -0.4 is 4.72 Å². The van der Waals surface area contributed by atoms with Gasteiger partial charge < -0.3 is 9.84 Å². The van der Waals surface area contributed by atoms with Gasteiger partial charge in [-0.05, 0) is 29.8 Å². The number of esters is 1. The molecule has 0 aliphatic rings. The molecule has 0 aromatic heterocycles. The first-order valence-electron chi connectivity index (χ1n) is 8.21. The Labute approximate surface area is 165 Å². The molecule has 0 fully saturated rings. The Morgan fingerprint density at radius 3 is 2.34 bits per heavy atom. The van der Waals surface area contributed by atoms with Crippen molar-refractivity contribution in [3.05, 3.63) is 77.9 Å². The Morgan fingerprint density at radius 2 is 1.72 bits per heavy atom. The Balaban J connectivity index is 2.01. The Hall–Kier alpha value is -3.46. The number of rotatable bonds is 5. The number of nitrogens with one attached hydrogen (secondary N) is 1. The van der Waals surface area contributed by atoms with Crippen molar-refractivity contribution < 1.29 is 31.8 Å². The summed E-state index contributed by atoms with van der Waals surface area (Å²) in [5.41, 5.74) is -0.241. The summed E-state index contributed by atoms with van der Waals surface area (Å²) < 4.78 is 60.8. The van der Waals surface area contributed by atoms with E-state index < -0.39 is 38.3 Å². The molecule has 0 saturated heterocycles. The molecule has 29 heavy (non-hydrogen) atoms. The van der Waals surface area contributed by atoms with Gasteiger partial charge in [0.1, 0.15) is 22.0 Å². The third kappa shape index (κ3) is 4.19. The first kappa shape index (κ1) is 20.3. The van der Waals surface area contributed by atoms with Crippen LogP contribution in [0.3, 0.4) is 0 Å². The number of hydrogen-bond acceptors (Lipinski definition) is 5. The first-order chi connectivity index (χ1) is 13.7. The van der Waals surface area contributed by atoms with E-state index in [1.165, 1.54) is 18.2 Å². The molecule has 0 atom stereocenters. The van der Waals surface area contributed by atoms with Gasteiger partial charge in [0.05, 0.1) is 12.8 Å². The average molecular weight is 419 g/mol. The molecular formula is C20H15F2NO5S. The highest BCUT2D eigenvalue weighted by molar-refractivity contribution is 7.92. The number of hydrogen-bond donors (Lipinski definition) is 2. The molecule has 3 aromatic rings. The van der Waals surface area contributed by atoms with Crippen molar-refractivity contribution in [2.45, 2.75) is 4.90 Å². The van der Waals surface area contributed by atoms with E-state index in [9.17, 15) is 27.1 Å². The van der Waals surface area contributed by atoms with Crippen LogP contribution in [0.1, 0.15) is 10.4 Å². The molecule has 6 nitrogen and oxygen atoms in total. The third-order valence-corrected chi connectivity index (χ3v) is 5.41. The second kappa shape index (κ2) is 7.88. The fourth-order valence-corrected chi connectivity index (χ4v) is 3.84. The van der Waals surface area contributed by atoms with Crippen LogP contribution in [0.4, 0.5) is 14.5 Å². The van der Waals surface area contributed by atoms with Gasteiger partial charge in [0.25, 0.3) is 10.0 Å². The van der Waals surface area contributed by atoms with Crippen LogP contribution in [0, 0.1) is 11.6 Å². The molecule has 0 spiro atoms. The van der Waals surface area contributed by atoms with Gasteiger partial charge in [-0.25, -0.2) is 22.0 Å². The lowest BCUT2D eigenvalue weighted by Crippen LogP contribution is -2.16. The second-order valence-electron chi connectivity index (χ2n) is 5.96. The number of benzene rings is 3. The summed E-state index contributed by atoms with van der Waals surface area (Å²) in [4.78, 5) is 10.6. The number of phenols is 1. The molecule has 0 heterocycles. The fourth-order valence-electron chi connectivity index (χ4n) is 2.68. The maximum atomic E-state index is 14.9. The number of phenolic OH excluding ortho intramolecular Hbond substituents is 1. The highest BCUT2D eigenvalue weighted by Crippen LogP contribution is 2.30. The SMILES string of the molecule is COC(=O)c1ccc(NS(=O)(=O)c2cc(F)cc(-c3ccccc3)c2F)cc1O. The minimum absolute atomic E-state index is 0.153. The lowest BCUT2D eigenvalue weighted by atomic mass is 10.1. The van der Waals surface area contributed by atoms with E-state index in [4.69, 9.17) is 0 Å². The van der Waals surface area contributed by atoms with E-state index in [1.807, 2.05) is 0 Å². The van der Waals surface area contributed by atoms with Gasteiger partial charge in [-0.1, -0.05) is 30.3 Å². The van der Waals surface area contributed by atoms with E-state index >= 15 is 0 Å². The molecule has 0 saturated carbocycles. The molecule has 0 bridgehead atoms. The number of halogens is 2. The first-order valence-corrected chi connectivity index (χ1v) is 9.70. The Morgan fingerprint density at radius 1 is 1.03 bits per heavy atom. The van der Waals surface area contributed by atoms with Crippen molar-refractivity contribution in [2.75, 3.05) is 11.8 Å². The van der Waals surface area contributed by atoms with Crippen molar-refractivity contribution in [1.29, 1.82) is 0 Å². The zero-order valence-corrected chi connectivity index (χ0v) is 15.8. The van der Waals surface area contributed by atoms with Gasteiger partial charge in [-0.2, -0.15) is 0 Å². The molecule has 0 aliphatic heterocycles. The van der Waals surface area contributed by atoms with Gasteiger partial charge in [0.2, 0.25) is 0 Å². The van der Waals surface area contributed by atoms with Crippen LogP contribution in [0.2, 0.25) is 0 Å². The van der Waals surface area contributed by atoms with E-state index in [0.717, 1.165) is 25.3 Å². The molecule has 0 aliphatic carbocycles. The zero-order chi connectivity index (χ0) is 21.2. The average Bonchev–Trinajstić information content (AvgIpc) is 2.69. The fraction of sp³-hybridized carbons (Fsp3) is 0.0500. The molecule has 3 aromatic carbocycles. The number of methoxy groups -OCH3 is 1. The van der Waals surface area contributed by atoms with Gasteiger partial charge in [0.15, 0.2) is 5.82 Å². The van der Waals surface area contributed by atoms with Crippen LogP contribution in [0.25, 0.3) is 11.1 Å². The van der Waals surface area contributed by atoms with Crippen LogP contribution in [-0.4, -0.2) is 26.6 Å². The topological polar surface area (TPSA) is 92.7 Å². The summed E-state index contributed by atoms with van der Waals surface area (Å²) in [6.45, 7) is 0. The zero-order valence-electron chi connectivity index (χ0n) is 15.0. The van der Waals surface area contributed by atoms with Crippen LogP contribution in [-0.2, 0) is 14.8 Å². The third-order valence-electron chi connectivity index (χ3n) is 4.03. The van der Waals surface area contributed by atoms with Crippen molar-refractivity contribution >= 4 is 21.7 Å². The second-order valence-corrected chi connectivity index (χ2v) is 7.61. The van der Waals surface area contributed by atoms with Gasteiger partial charge in [-0.15, -0.1) is 0 Å². The molecule has 0 amide bonds. The van der Waals surface area contributed by atoms with Crippen LogP contribution >= 0.6 is 0 Å². The predicted octanol–water partition coefficient (Wildman–Crippen LogP) is 3.92. The molecule has 0 radical (unpaired) electrons. The maximum absolute atomic E-state index is 14.9. The van der Waals surface area contributed by atoms with E-state index in [1.54, 1.807) is 18.2 Å². The van der Waals surface area contributed by atoms with Gasteiger partial charge in [-0.3, -0.25) is 4.72 Å². The van der Waals surface area contributed by atoms with E-state index in [2.05, 4.69) is 9.46 Å². The van der Waals surface area contributed by atoms with Crippen LogP contribution in [0.5, 0.6) is 5.75 Å². The number of aromatic hydroxyl groups is 1. The van der Waals surface area contributed by atoms with Crippen molar-refractivity contribution in [3.63, 3.8) is 0 Å². The predicted molar refractivity (Wildman–Crippen MR) is 102 cm³/mol. The highest BCUT2D eigenvalue weighted by atomic mass is 32.2. The molecule has 150 valence electrons. The molecule has 3 rings (SSSR count). The monoisotopic (exact) mass is 419 g/mol. The normalized spacial score (nSPS) is 11.1. The summed E-state index contributed by atoms with van der Waals surface area (Å²) in [6.07, 6.45) is 0. The highest BCUT2D eigenvalue weighted by Gasteiger charge is 2.24. The Kier molecular flexibility index (Phi) is 5.51. The summed E-state index contributed by atoms with van der Waals surface area (Å²) in [5, 5.41) is 9.88. The maximum Gasteiger partial charge on any atom is 0.341 e. The lowest BCUT2D eigenvalue weighted by molar-refractivity contribution is 0.0597. The summed E-state index contributed by atoms with van der Waals surface area (Å²) >= 11 is 0. The van der Waals surface area contributed by atoms with Gasteiger partial charge in [0, 0.05) is 11.6 Å². The number of carbonyl (C=O) groups excluding carboxylic acids is 1. The van der Waals surface area contributed by atoms with Crippen molar-refractivity contribution in [1.82, 2.24) is 0 Å². The summed E-state index contributed by atoms with van der Waals surface area (Å²) in [5.74, 6) is -3.42. The number of carbonyl (C=O) groups is 1. The molecule has 2 N–H and O–H groups in total. The minimum atomic E-state index is -4.54. The Bertz CT molecular complexity index is 1180. The number of ether oxygens (including phenoxy) is 1. The largest absolute Gasteiger partial charge is 0.507 e. The summed E-state index contributed by atoms with van der Waals surface area (Å²) in [7, 11) is -3.42. The van der Waals surface area contributed by atoms with E-state index in [0.29, 0.717) is 11.6 Å². The van der Waals surface area contributed by atoms with Crippen molar-refractivity contribution in [3.8, 4) is 16.9 Å². The summed E-state index contributed by atoms with van der Waals surface area (Å²) in [6, 6.07) is 12.7. The number of anilines is 1. The van der Waals surface area contributed by atoms with E-state index in [-0.39, 0.29) is 16.8 Å². The number of sulfonamides is 1. The molecular weight excluding hydrogens is 404 g/mol. The smallest absolute Gasteiger partial charge is 0.341 e. The standard InChI is InChI=1S/C20H15F2NO5S/c1-28-20(25)15-8-7-14(11-17(15)24)23-29(26,27)18-10-13(21)9-16(19(18)22)12-5-3-2-4-6-12/h2-11,23-24H,1H3.